The molecule has 0 aliphatic heterocycles. The van der Waals surface area contributed by atoms with Crippen LogP contribution in [0.25, 0.3) is 0 Å². The maximum atomic E-state index is 12.4. The summed E-state index contributed by atoms with van der Waals surface area (Å²) in [4.78, 5) is 30.9. The molecule has 0 saturated carbocycles. The molecule has 2 heterocycles. The molecule has 11 heteroatoms. The van der Waals surface area contributed by atoms with Gasteiger partial charge in [-0.25, -0.2) is 4.98 Å². The molecule has 0 aliphatic rings. The number of nitrogens with zero attached hydrogens (tertiary/aromatic N) is 5. The van der Waals surface area contributed by atoms with Crippen molar-refractivity contribution >= 4 is 40.0 Å². The summed E-state index contributed by atoms with van der Waals surface area (Å²) in [6, 6.07) is 7.80. The molecule has 32 heavy (non-hydrogen) atoms. The first-order chi connectivity index (χ1) is 15.3. The molecule has 0 fully saturated rings. The third-order valence-electron chi connectivity index (χ3n) is 4.54. The number of thiazole rings is 1. The lowest BCUT2D eigenvalue weighted by atomic mass is 10.2. The van der Waals surface area contributed by atoms with Crippen LogP contribution >= 0.6 is 23.1 Å². The fraction of sp³-hybridized carbons (Fsp3) is 0.381. The SMILES string of the molecule is CCn1c(COc2ccccc2C)nnc1SCC(=O)Nc1nc(C)c(C(=O)N(C)C)s1. The summed E-state index contributed by atoms with van der Waals surface area (Å²) in [6.45, 7) is 6.68. The molecule has 0 aliphatic carbocycles. The van der Waals surface area contributed by atoms with Crippen LogP contribution in [0.15, 0.2) is 29.4 Å². The predicted molar refractivity (Wildman–Crippen MR) is 125 cm³/mol. The minimum absolute atomic E-state index is 0.133. The molecular formula is C21H26N6O3S2. The van der Waals surface area contributed by atoms with Crippen molar-refractivity contribution in [3.63, 3.8) is 0 Å². The smallest absolute Gasteiger partial charge is 0.265 e. The maximum Gasteiger partial charge on any atom is 0.265 e. The number of ether oxygens (including phenoxy) is 1. The number of aryl methyl sites for hydroxylation is 2. The molecule has 3 aromatic rings. The monoisotopic (exact) mass is 474 g/mol. The van der Waals surface area contributed by atoms with Crippen molar-refractivity contribution in [2.75, 3.05) is 25.2 Å². The van der Waals surface area contributed by atoms with Crippen LogP contribution in [-0.4, -0.2) is 56.3 Å². The van der Waals surface area contributed by atoms with Gasteiger partial charge in [0.1, 0.15) is 17.2 Å². The van der Waals surface area contributed by atoms with Crippen molar-refractivity contribution < 1.29 is 14.3 Å². The number of amides is 2. The van der Waals surface area contributed by atoms with Gasteiger partial charge < -0.3 is 19.5 Å². The second-order valence-corrected chi connectivity index (χ2v) is 9.11. The third-order valence-corrected chi connectivity index (χ3v) is 6.56. The summed E-state index contributed by atoms with van der Waals surface area (Å²) in [5, 5.41) is 12.2. The molecule has 0 unspecified atom stereocenters. The van der Waals surface area contributed by atoms with Gasteiger partial charge in [0.2, 0.25) is 5.91 Å². The first kappa shape index (κ1) is 23.7. The second-order valence-electron chi connectivity index (χ2n) is 7.17. The van der Waals surface area contributed by atoms with Gasteiger partial charge in [-0.05, 0) is 32.4 Å². The quantitative estimate of drug-likeness (QED) is 0.474. The van der Waals surface area contributed by atoms with Gasteiger partial charge >= 0.3 is 0 Å². The molecule has 0 spiro atoms. The first-order valence-electron chi connectivity index (χ1n) is 10.0. The molecule has 0 atom stereocenters. The summed E-state index contributed by atoms with van der Waals surface area (Å²) in [5.41, 5.74) is 1.65. The Balaban J connectivity index is 1.59. The van der Waals surface area contributed by atoms with E-state index in [-0.39, 0.29) is 17.6 Å². The van der Waals surface area contributed by atoms with Gasteiger partial charge in [-0.1, -0.05) is 41.3 Å². The zero-order chi connectivity index (χ0) is 23.3. The Bertz CT molecular complexity index is 1110. The molecule has 170 valence electrons. The van der Waals surface area contributed by atoms with E-state index in [0.29, 0.717) is 39.8 Å². The van der Waals surface area contributed by atoms with Gasteiger partial charge in [0.15, 0.2) is 16.1 Å². The lowest BCUT2D eigenvalue weighted by Crippen LogP contribution is -2.21. The number of carbonyl (C=O) groups excluding carboxylic acids is 2. The van der Waals surface area contributed by atoms with E-state index in [1.165, 1.54) is 28.0 Å². The average Bonchev–Trinajstić information content (AvgIpc) is 3.33. The van der Waals surface area contributed by atoms with E-state index in [9.17, 15) is 9.59 Å². The van der Waals surface area contributed by atoms with Crippen molar-refractivity contribution in [2.24, 2.45) is 0 Å². The number of nitrogens with one attached hydrogen (secondary N) is 1. The van der Waals surface area contributed by atoms with E-state index in [1.807, 2.05) is 42.7 Å². The zero-order valence-corrected chi connectivity index (χ0v) is 20.3. The van der Waals surface area contributed by atoms with Gasteiger partial charge in [-0.15, -0.1) is 10.2 Å². The van der Waals surface area contributed by atoms with Crippen LogP contribution in [0.5, 0.6) is 5.75 Å². The number of aromatic nitrogens is 4. The Labute approximate surface area is 195 Å². The van der Waals surface area contributed by atoms with Gasteiger partial charge in [0, 0.05) is 20.6 Å². The highest BCUT2D eigenvalue weighted by Crippen LogP contribution is 2.25. The fourth-order valence-electron chi connectivity index (χ4n) is 2.85. The first-order valence-corrected chi connectivity index (χ1v) is 11.8. The molecular weight excluding hydrogens is 448 g/mol. The number of thioether (sulfide) groups is 1. The highest BCUT2D eigenvalue weighted by atomic mass is 32.2. The molecule has 2 aromatic heterocycles. The van der Waals surface area contributed by atoms with Crippen LogP contribution in [-0.2, 0) is 17.9 Å². The van der Waals surface area contributed by atoms with Gasteiger partial charge in [-0.2, -0.15) is 0 Å². The predicted octanol–water partition coefficient (Wildman–Crippen LogP) is 3.38. The zero-order valence-electron chi connectivity index (χ0n) is 18.7. The minimum atomic E-state index is -0.226. The Morgan fingerprint density at radius 3 is 2.66 bits per heavy atom. The van der Waals surface area contributed by atoms with Crippen LogP contribution in [0, 0.1) is 13.8 Å². The second kappa shape index (κ2) is 10.6. The summed E-state index contributed by atoms with van der Waals surface area (Å²) < 4.78 is 7.81. The number of benzene rings is 1. The third kappa shape index (κ3) is 5.65. The summed E-state index contributed by atoms with van der Waals surface area (Å²) in [6.07, 6.45) is 0. The molecule has 9 nitrogen and oxygen atoms in total. The van der Waals surface area contributed by atoms with E-state index >= 15 is 0 Å². The highest BCUT2D eigenvalue weighted by molar-refractivity contribution is 7.99. The molecule has 2 amide bonds. The van der Waals surface area contributed by atoms with Crippen LogP contribution in [0.2, 0.25) is 0 Å². The minimum Gasteiger partial charge on any atom is -0.485 e. The number of para-hydroxylation sites is 1. The number of hydrogen-bond donors (Lipinski definition) is 1. The Hall–Kier alpha value is -2.92. The Morgan fingerprint density at radius 1 is 1.22 bits per heavy atom. The Kier molecular flexibility index (Phi) is 7.86. The van der Waals surface area contributed by atoms with E-state index in [4.69, 9.17) is 4.74 Å². The van der Waals surface area contributed by atoms with E-state index in [1.54, 1.807) is 21.0 Å². The number of hydrogen-bond acceptors (Lipinski definition) is 8. The lowest BCUT2D eigenvalue weighted by Gasteiger charge is -2.10. The van der Waals surface area contributed by atoms with E-state index in [0.717, 1.165) is 11.3 Å². The van der Waals surface area contributed by atoms with Crippen LogP contribution in [0.1, 0.15) is 33.7 Å². The van der Waals surface area contributed by atoms with Crippen LogP contribution in [0.3, 0.4) is 0 Å². The number of rotatable bonds is 9. The van der Waals surface area contributed by atoms with Gasteiger partial charge in [0.25, 0.3) is 5.91 Å². The summed E-state index contributed by atoms with van der Waals surface area (Å²) >= 11 is 2.46. The van der Waals surface area contributed by atoms with Crippen molar-refractivity contribution in [3.05, 3.63) is 46.2 Å². The molecule has 1 aromatic carbocycles. The largest absolute Gasteiger partial charge is 0.485 e. The van der Waals surface area contributed by atoms with E-state index in [2.05, 4.69) is 20.5 Å². The topological polar surface area (TPSA) is 102 Å². The molecule has 3 rings (SSSR count). The maximum absolute atomic E-state index is 12.4. The normalized spacial score (nSPS) is 10.8. The molecule has 0 bridgehead atoms. The number of anilines is 1. The highest BCUT2D eigenvalue weighted by Gasteiger charge is 2.19. The van der Waals surface area contributed by atoms with Crippen molar-refractivity contribution in [1.29, 1.82) is 0 Å². The van der Waals surface area contributed by atoms with Crippen LogP contribution in [0.4, 0.5) is 5.13 Å². The summed E-state index contributed by atoms with van der Waals surface area (Å²) in [5.74, 6) is 1.29. The lowest BCUT2D eigenvalue weighted by molar-refractivity contribution is -0.113. The van der Waals surface area contributed by atoms with E-state index < -0.39 is 0 Å². The van der Waals surface area contributed by atoms with Gasteiger partial charge in [-0.3, -0.25) is 9.59 Å². The number of carbonyl (C=O) groups is 2. The Morgan fingerprint density at radius 2 is 1.97 bits per heavy atom. The molecule has 0 radical (unpaired) electrons. The molecule has 0 saturated heterocycles. The van der Waals surface area contributed by atoms with Crippen molar-refractivity contribution in [3.8, 4) is 5.75 Å². The summed E-state index contributed by atoms with van der Waals surface area (Å²) in [7, 11) is 3.36. The molecule has 1 N–H and O–H groups in total. The van der Waals surface area contributed by atoms with Gasteiger partial charge in [0.05, 0.1) is 11.4 Å². The van der Waals surface area contributed by atoms with Crippen molar-refractivity contribution in [1.82, 2.24) is 24.6 Å². The standard InChI is InChI=1S/C21H26N6O3S2/c1-6-27-16(11-30-15-10-8-7-9-13(15)2)24-25-21(27)31-12-17(28)23-20-22-14(3)18(32-20)19(29)26(4)5/h7-10H,6,11-12H2,1-5H3,(H,22,23,28). The van der Waals surface area contributed by atoms with Crippen LogP contribution < -0.4 is 10.1 Å². The average molecular weight is 475 g/mol. The van der Waals surface area contributed by atoms with Crippen molar-refractivity contribution in [2.45, 2.75) is 39.1 Å². The fourth-order valence-corrected chi connectivity index (χ4v) is 4.67.